The van der Waals surface area contributed by atoms with Crippen molar-refractivity contribution in [3.05, 3.63) is 28.3 Å². The second kappa shape index (κ2) is 5.37. The minimum absolute atomic E-state index is 0.121. The molecule has 0 aliphatic carbocycles. The molecule has 1 aromatic rings. The van der Waals surface area contributed by atoms with Gasteiger partial charge in [-0.1, -0.05) is 0 Å². The largest absolute Gasteiger partial charge is 0.391 e. The average Bonchev–Trinajstić information content (AvgIpc) is 2.26. The van der Waals surface area contributed by atoms with Crippen molar-refractivity contribution in [1.82, 2.24) is 0 Å². The molecule has 0 heterocycles. The van der Waals surface area contributed by atoms with E-state index < -0.39 is 26.4 Å². The quantitative estimate of drug-likeness (QED) is 0.631. The molecule has 7 nitrogen and oxygen atoms in total. The van der Waals surface area contributed by atoms with Gasteiger partial charge in [0.15, 0.2) is 9.84 Å². The Morgan fingerprint density at radius 2 is 1.95 bits per heavy atom. The molecule has 20 heavy (non-hydrogen) atoms. The second-order valence-electron chi connectivity index (χ2n) is 5.23. The molecule has 2 N–H and O–H groups in total. The summed E-state index contributed by atoms with van der Waals surface area (Å²) in [4.78, 5) is 10.3. The first-order valence-electron chi connectivity index (χ1n) is 5.90. The molecule has 0 spiro atoms. The van der Waals surface area contributed by atoms with Gasteiger partial charge < -0.3 is 10.4 Å². The maximum Gasteiger partial charge on any atom is 0.293 e. The normalized spacial score (nSPS) is 13.8. The minimum Gasteiger partial charge on any atom is -0.391 e. The van der Waals surface area contributed by atoms with Crippen LogP contribution in [-0.4, -0.2) is 36.3 Å². The van der Waals surface area contributed by atoms with Crippen molar-refractivity contribution >= 4 is 21.2 Å². The van der Waals surface area contributed by atoms with E-state index in [0.717, 1.165) is 12.3 Å². The van der Waals surface area contributed by atoms with Crippen LogP contribution in [0.25, 0.3) is 0 Å². The molecule has 1 atom stereocenters. The maximum atomic E-state index is 11.4. The molecule has 0 radical (unpaired) electrons. The fourth-order valence-corrected chi connectivity index (χ4v) is 2.09. The van der Waals surface area contributed by atoms with Crippen molar-refractivity contribution in [2.45, 2.75) is 37.3 Å². The molecular weight excluding hydrogens is 284 g/mol. The Labute approximate surface area is 117 Å². The van der Waals surface area contributed by atoms with Crippen molar-refractivity contribution in [3.8, 4) is 0 Å². The zero-order valence-corrected chi connectivity index (χ0v) is 12.6. The summed E-state index contributed by atoms with van der Waals surface area (Å²) in [6.07, 6.45) is 0.232. The number of nitro groups is 1. The highest BCUT2D eigenvalue weighted by Gasteiger charge is 2.27. The molecule has 0 bridgehead atoms. The molecule has 8 heteroatoms. The summed E-state index contributed by atoms with van der Waals surface area (Å²) in [5.74, 6) is 0. The molecule has 0 saturated heterocycles. The summed E-state index contributed by atoms with van der Waals surface area (Å²) >= 11 is 0. The highest BCUT2D eigenvalue weighted by atomic mass is 32.2. The number of anilines is 1. The molecule has 1 rings (SSSR count). The Morgan fingerprint density at radius 3 is 2.35 bits per heavy atom. The zero-order chi connectivity index (χ0) is 15.7. The Bertz CT molecular complexity index is 623. The number of hydrogen-bond acceptors (Lipinski definition) is 6. The smallest absolute Gasteiger partial charge is 0.293 e. The minimum atomic E-state index is -3.52. The number of nitrogens with one attached hydrogen (secondary N) is 1. The highest BCUT2D eigenvalue weighted by molar-refractivity contribution is 7.90. The van der Waals surface area contributed by atoms with Gasteiger partial charge >= 0.3 is 0 Å². The Balaban J connectivity index is 3.32. The fraction of sp³-hybridized carbons (Fsp3) is 0.500. The predicted octanol–water partition coefficient (Wildman–Crippen LogP) is 1.57. The van der Waals surface area contributed by atoms with Gasteiger partial charge in [0, 0.05) is 12.3 Å². The first-order valence-corrected chi connectivity index (χ1v) is 7.79. The van der Waals surface area contributed by atoms with Crippen molar-refractivity contribution in [1.29, 1.82) is 0 Å². The molecule has 0 aliphatic heterocycles. The number of aliphatic hydroxyl groups is 1. The molecule has 0 fully saturated rings. The lowest BCUT2D eigenvalue weighted by Crippen LogP contribution is -2.42. The van der Waals surface area contributed by atoms with E-state index in [1.54, 1.807) is 20.8 Å². The van der Waals surface area contributed by atoms with Gasteiger partial charge in [-0.25, -0.2) is 8.42 Å². The third-order valence-corrected chi connectivity index (χ3v) is 4.21. The van der Waals surface area contributed by atoms with Crippen LogP contribution in [0.5, 0.6) is 0 Å². The van der Waals surface area contributed by atoms with Gasteiger partial charge in [-0.2, -0.15) is 0 Å². The van der Waals surface area contributed by atoms with Gasteiger partial charge in [0.2, 0.25) is 0 Å². The van der Waals surface area contributed by atoms with Crippen LogP contribution < -0.4 is 5.32 Å². The topological polar surface area (TPSA) is 110 Å². The summed E-state index contributed by atoms with van der Waals surface area (Å²) < 4.78 is 22.9. The average molecular weight is 302 g/mol. The van der Waals surface area contributed by atoms with Crippen LogP contribution in [0.3, 0.4) is 0 Å². The van der Waals surface area contributed by atoms with Crippen molar-refractivity contribution in [2.75, 3.05) is 11.6 Å². The van der Waals surface area contributed by atoms with Crippen LogP contribution in [0.1, 0.15) is 20.8 Å². The molecule has 112 valence electrons. The van der Waals surface area contributed by atoms with Gasteiger partial charge in [0.1, 0.15) is 5.69 Å². The first kappa shape index (κ1) is 16.4. The van der Waals surface area contributed by atoms with Gasteiger partial charge in [-0.3, -0.25) is 10.1 Å². The van der Waals surface area contributed by atoms with E-state index in [9.17, 15) is 23.6 Å². The number of benzene rings is 1. The number of nitro benzene ring substituents is 1. The summed E-state index contributed by atoms with van der Waals surface area (Å²) in [6, 6.07) is 3.64. The van der Waals surface area contributed by atoms with Gasteiger partial charge in [0.25, 0.3) is 5.69 Å². The Kier molecular flexibility index (Phi) is 4.40. The van der Waals surface area contributed by atoms with Crippen LogP contribution in [0.15, 0.2) is 23.1 Å². The van der Waals surface area contributed by atoms with E-state index in [-0.39, 0.29) is 16.3 Å². The predicted molar refractivity (Wildman–Crippen MR) is 75.6 cm³/mol. The standard InChI is InChI=1S/C12H18N2O5S/c1-8(15)12(2,3)13-10-6-5-9(20(4,18)19)7-11(10)14(16)17/h5-8,13,15H,1-4H3. The summed E-state index contributed by atoms with van der Waals surface area (Å²) in [6.45, 7) is 4.93. The summed E-state index contributed by atoms with van der Waals surface area (Å²) in [7, 11) is -3.52. The van der Waals surface area contributed by atoms with Crippen molar-refractivity contribution in [2.24, 2.45) is 0 Å². The Morgan fingerprint density at radius 1 is 1.40 bits per heavy atom. The number of sulfone groups is 1. The molecule has 0 saturated carbocycles. The van der Waals surface area contributed by atoms with E-state index in [2.05, 4.69) is 5.32 Å². The molecular formula is C12H18N2O5S. The highest BCUT2D eigenvalue weighted by Crippen LogP contribution is 2.30. The first-order chi connectivity index (χ1) is 8.95. The number of rotatable bonds is 5. The second-order valence-corrected chi connectivity index (χ2v) is 7.25. The van der Waals surface area contributed by atoms with Crippen molar-refractivity contribution in [3.63, 3.8) is 0 Å². The Hall–Kier alpha value is -1.67. The van der Waals surface area contributed by atoms with E-state index >= 15 is 0 Å². The SMILES string of the molecule is CC(O)C(C)(C)Nc1ccc(S(C)(=O)=O)cc1[N+](=O)[O-]. The zero-order valence-electron chi connectivity index (χ0n) is 11.7. The summed E-state index contributed by atoms with van der Waals surface area (Å²) in [5, 5.41) is 23.6. The van der Waals surface area contributed by atoms with E-state index in [1.807, 2.05) is 0 Å². The molecule has 0 aliphatic rings. The van der Waals surface area contributed by atoms with E-state index in [1.165, 1.54) is 12.1 Å². The lowest BCUT2D eigenvalue weighted by atomic mass is 9.98. The third-order valence-electron chi connectivity index (χ3n) is 3.10. The molecule has 1 aromatic carbocycles. The fourth-order valence-electron chi connectivity index (χ4n) is 1.45. The number of nitrogens with zero attached hydrogens (tertiary/aromatic N) is 1. The third kappa shape index (κ3) is 3.67. The monoisotopic (exact) mass is 302 g/mol. The van der Waals surface area contributed by atoms with Crippen molar-refractivity contribution < 1.29 is 18.4 Å². The van der Waals surface area contributed by atoms with E-state index in [4.69, 9.17) is 0 Å². The lowest BCUT2D eigenvalue weighted by Gasteiger charge is -2.30. The van der Waals surface area contributed by atoms with Gasteiger partial charge in [-0.05, 0) is 32.9 Å². The molecule has 0 aromatic heterocycles. The lowest BCUT2D eigenvalue weighted by molar-refractivity contribution is -0.384. The van der Waals surface area contributed by atoms with Crippen LogP contribution in [0.2, 0.25) is 0 Å². The van der Waals surface area contributed by atoms with Crippen LogP contribution in [-0.2, 0) is 9.84 Å². The number of hydrogen-bond donors (Lipinski definition) is 2. The van der Waals surface area contributed by atoms with Crippen LogP contribution in [0.4, 0.5) is 11.4 Å². The van der Waals surface area contributed by atoms with Crippen LogP contribution >= 0.6 is 0 Å². The maximum absolute atomic E-state index is 11.4. The molecule has 1 unspecified atom stereocenters. The molecule has 0 amide bonds. The van der Waals surface area contributed by atoms with Crippen LogP contribution in [0, 0.1) is 10.1 Å². The summed E-state index contributed by atoms with van der Waals surface area (Å²) in [5.41, 5.74) is -0.980. The van der Waals surface area contributed by atoms with Gasteiger partial charge in [0.05, 0.1) is 21.5 Å². The number of aliphatic hydroxyl groups excluding tert-OH is 1. The van der Waals surface area contributed by atoms with E-state index in [0.29, 0.717) is 0 Å². The van der Waals surface area contributed by atoms with Gasteiger partial charge in [-0.15, -0.1) is 0 Å².